The molecule has 1 fully saturated rings. The van der Waals surface area contributed by atoms with E-state index in [9.17, 15) is 9.59 Å². The van der Waals surface area contributed by atoms with Crippen molar-refractivity contribution in [3.05, 3.63) is 28.5 Å². The first-order chi connectivity index (χ1) is 9.58. The molecule has 0 unspecified atom stereocenters. The van der Waals surface area contributed by atoms with E-state index in [4.69, 9.17) is 5.11 Å². The minimum atomic E-state index is -0.815. The first-order valence-electron chi connectivity index (χ1n) is 6.72. The molecule has 0 spiro atoms. The maximum atomic E-state index is 12.5. The van der Waals surface area contributed by atoms with Gasteiger partial charge in [0.05, 0.1) is 0 Å². The number of aliphatic carboxylic acids is 1. The minimum Gasteiger partial charge on any atom is -0.481 e. The summed E-state index contributed by atoms with van der Waals surface area (Å²) in [4.78, 5) is 29.1. The molecule has 6 heteroatoms. The average Bonchev–Trinajstić information content (AvgIpc) is 2.45. The number of pyridine rings is 1. The first kappa shape index (κ1) is 15.0. The number of carboxylic acids is 1. The highest BCUT2D eigenvalue weighted by Gasteiger charge is 2.28. The molecule has 1 aromatic heterocycles. The highest BCUT2D eigenvalue weighted by molar-refractivity contribution is 9.10. The van der Waals surface area contributed by atoms with Crippen LogP contribution < -0.4 is 0 Å². The molecule has 1 aliphatic rings. The van der Waals surface area contributed by atoms with E-state index >= 15 is 0 Å². The third-order valence-corrected chi connectivity index (χ3v) is 4.00. The largest absolute Gasteiger partial charge is 0.481 e. The van der Waals surface area contributed by atoms with Crippen molar-refractivity contribution >= 4 is 27.8 Å². The Balaban J connectivity index is 2.08. The van der Waals surface area contributed by atoms with E-state index in [-0.39, 0.29) is 18.4 Å². The number of amides is 1. The zero-order valence-electron chi connectivity index (χ0n) is 11.1. The van der Waals surface area contributed by atoms with Crippen LogP contribution in [0.4, 0.5) is 0 Å². The monoisotopic (exact) mass is 340 g/mol. The number of nitrogens with zero attached hydrogens (tertiary/aromatic N) is 2. The van der Waals surface area contributed by atoms with Gasteiger partial charge in [0.2, 0.25) is 0 Å². The lowest BCUT2D eigenvalue weighted by molar-refractivity contribution is -0.137. The summed E-state index contributed by atoms with van der Waals surface area (Å²) in [5.41, 5.74) is 0.412. The van der Waals surface area contributed by atoms with Crippen LogP contribution in [0.3, 0.4) is 0 Å². The zero-order valence-corrected chi connectivity index (χ0v) is 12.7. The van der Waals surface area contributed by atoms with Gasteiger partial charge < -0.3 is 10.0 Å². The topological polar surface area (TPSA) is 70.5 Å². The van der Waals surface area contributed by atoms with Gasteiger partial charge >= 0.3 is 5.97 Å². The molecule has 5 nitrogen and oxygen atoms in total. The molecule has 108 valence electrons. The standard InChI is InChI=1S/C14H17BrN2O3/c15-10-4-6-12(16-9-10)14(20)17-8-2-1-3-11(17)5-7-13(18)19/h4,6,9,11H,1-3,5,7-8H2,(H,18,19)/t11-/m0/s1. The van der Waals surface area contributed by atoms with E-state index in [0.717, 1.165) is 23.7 Å². The van der Waals surface area contributed by atoms with Crippen molar-refractivity contribution in [3.8, 4) is 0 Å². The molecule has 1 amide bonds. The number of hydrogen-bond acceptors (Lipinski definition) is 3. The second kappa shape index (κ2) is 6.83. The van der Waals surface area contributed by atoms with E-state index in [0.29, 0.717) is 18.7 Å². The Hall–Kier alpha value is -1.43. The molecule has 1 N–H and O–H groups in total. The second-order valence-corrected chi connectivity index (χ2v) is 5.86. The summed E-state index contributed by atoms with van der Waals surface area (Å²) in [5, 5.41) is 8.80. The van der Waals surface area contributed by atoms with Gasteiger partial charge in [-0.3, -0.25) is 9.59 Å². The molecular formula is C14H17BrN2O3. The molecule has 2 heterocycles. The summed E-state index contributed by atoms with van der Waals surface area (Å²) < 4.78 is 0.829. The normalized spacial score (nSPS) is 18.9. The predicted molar refractivity (Wildman–Crippen MR) is 77.5 cm³/mol. The number of aromatic nitrogens is 1. The fourth-order valence-electron chi connectivity index (χ4n) is 2.51. The Bertz CT molecular complexity index is 490. The van der Waals surface area contributed by atoms with Crippen LogP contribution in [0.5, 0.6) is 0 Å². The van der Waals surface area contributed by atoms with Crippen LogP contribution in [0.25, 0.3) is 0 Å². The number of carbonyl (C=O) groups excluding carboxylic acids is 1. The van der Waals surface area contributed by atoms with Crippen molar-refractivity contribution < 1.29 is 14.7 Å². The molecular weight excluding hydrogens is 324 g/mol. The van der Waals surface area contributed by atoms with Crippen LogP contribution >= 0.6 is 15.9 Å². The van der Waals surface area contributed by atoms with Gasteiger partial charge in [-0.05, 0) is 53.7 Å². The maximum Gasteiger partial charge on any atom is 0.303 e. The lowest BCUT2D eigenvalue weighted by atomic mass is 9.97. The zero-order chi connectivity index (χ0) is 14.5. The Morgan fingerprint density at radius 2 is 2.20 bits per heavy atom. The summed E-state index contributed by atoms with van der Waals surface area (Å²) in [5.74, 6) is -0.919. The highest BCUT2D eigenvalue weighted by atomic mass is 79.9. The maximum absolute atomic E-state index is 12.5. The molecule has 2 rings (SSSR count). The third kappa shape index (κ3) is 3.79. The molecule has 0 aromatic carbocycles. The van der Waals surface area contributed by atoms with E-state index < -0.39 is 5.97 Å². The number of carboxylic acid groups (broad SMARTS) is 1. The molecule has 0 saturated carbocycles. The number of likely N-dealkylation sites (tertiary alicyclic amines) is 1. The summed E-state index contributed by atoms with van der Waals surface area (Å²) >= 11 is 3.29. The molecule has 1 aromatic rings. The lowest BCUT2D eigenvalue weighted by Gasteiger charge is -2.35. The van der Waals surface area contributed by atoms with E-state index in [2.05, 4.69) is 20.9 Å². The molecule has 1 atom stereocenters. The summed E-state index contributed by atoms with van der Waals surface area (Å²) in [6.07, 6.45) is 5.09. The second-order valence-electron chi connectivity index (χ2n) is 4.94. The van der Waals surface area contributed by atoms with Crippen LogP contribution in [-0.4, -0.2) is 39.5 Å². The van der Waals surface area contributed by atoms with E-state index in [1.807, 2.05) is 0 Å². The Kier molecular flexibility index (Phi) is 5.11. The van der Waals surface area contributed by atoms with Crippen molar-refractivity contribution in [2.24, 2.45) is 0 Å². The van der Waals surface area contributed by atoms with E-state index in [1.54, 1.807) is 23.2 Å². The summed E-state index contributed by atoms with van der Waals surface area (Å²) in [7, 11) is 0. The van der Waals surface area contributed by atoms with Gasteiger partial charge in [-0.25, -0.2) is 4.98 Å². The van der Waals surface area contributed by atoms with Crippen LogP contribution in [0.2, 0.25) is 0 Å². The number of carbonyl (C=O) groups is 2. The van der Waals surface area contributed by atoms with Gasteiger partial charge in [0, 0.05) is 29.7 Å². The molecule has 0 aliphatic carbocycles. The molecule has 20 heavy (non-hydrogen) atoms. The van der Waals surface area contributed by atoms with Gasteiger partial charge in [0.15, 0.2) is 0 Å². The highest BCUT2D eigenvalue weighted by Crippen LogP contribution is 2.23. The van der Waals surface area contributed by atoms with Gasteiger partial charge in [-0.1, -0.05) is 0 Å². The van der Waals surface area contributed by atoms with Crippen molar-refractivity contribution in [3.63, 3.8) is 0 Å². The Labute approximate surface area is 126 Å². The minimum absolute atomic E-state index is 0.0118. The van der Waals surface area contributed by atoms with Crippen LogP contribution in [0, 0.1) is 0 Å². The third-order valence-electron chi connectivity index (χ3n) is 3.53. The lowest BCUT2D eigenvalue weighted by Crippen LogP contribution is -2.44. The predicted octanol–water partition coefficient (Wildman–Crippen LogP) is 2.70. The smallest absolute Gasteiger partial charge is 0.303 e. The Morgan fingerprint density at radius 3 is 2.85 bits per heavy atom. The average molecular weight is 341 g/mol. The molecule has 0 radical (unpaired) electrons. The van der Waals surface area contributed by atoms with Gasteiger partial charge in [0.25, 0.3) is 5.91 Å². The van der Waals surface area contributed by atoms with Crippen molar-refractivity contribution in [2.75, 3.05) is 6.54 Å². The molecule has 0 bridgehead atoms. The van der Waals surface area contributed by atoms with Crippen molar-refractivity contribution in [1.82, 2.24) is 9.88 Å². The van der Waals surface area contributed by atoms with Gasteiger partial charge in [-0.2, -0.15) is 0 Å². The SMILES string of the molecule is O=C(O)CC[C@@H]1CCCCN1C(=O)c1ccc(Br)cn1. The summed E-state index contributed by atoms with van der Waals surface area (Å²) in [6, 6.07) is 3.49. The van der Waals surface area contributed by atoms with Gasteiger partial charge in [0.1, 0.15) is 5.69 Å². The van der Waals surface area contributed by atoms with Crippen LogP contribution in [-0.2, 0) is 4.79 Å². The fraction of sp³-hybridized carbons (Fsp3) is 0.500. The quantitative estimate of drug-likeness (QED) is 0.914. The van der Waals surface area contributed by atoms with Crippen molar-refractivity contribution in [1.29, 1.82) is 0 Å². The first-order valence-corrected chi connectivity index (χ1v) is 7.51. The number of rotatable bonds is 4. The van der Waals surface area contributed by atoms with Crippen molar-refractivity contribution in [2.45, 2.75) is 38.1 Å². The van der Waals surface area contributed by atoms with E-state index in [1.165, 1.54) is 0 Å². The molecule has 1 saturated heterocycles. The van der Waals surface area contributed by atoms with Crippen LogP contribution in [0.15, 0.2) is 22.8 Å². The Morgan fingerprint density at radius 1 is 1.40 bits per heavy atom. The number of halogens is 1. The number of piperidine rings is 1. The number of hydrogen-bond donors (Lipinski definition) is 1. The van der Waals surface area contributed by atoms with Gasteiger partial charge in [-0.15, -0.1) is 0 Å². The molecule has 1 aliphatic heterocycles. The summed E-state index contributed by atoms with van der Waals surface area (Å²) in [6.45, 7) is 0.681. The fourth-order valence-corrected chi connectivity index (χ4v) is 2.74. The van der Waals surface area contributed by atoms with Crippen LogP contribution in [0.1, 0.15) is 42.6 Å².